The van der Waals surface area contributed by atoms with E-state index >= 15 is 0 Å². The highest BCUT2D eigenvalue weighted by Crippen LogP contribution is 2.66. The molecule has 6 nitrogen and oxygen atoms in total. The number of phenols is 1. The lowest BCUT2D eigenvalue weighted by Gasteiger charge is -2.65. The average molecular weight is 403 g/mol. The summed E-state index contributed by atoms with van der Waals surface area (Å²) >= 11 is 0. The van der Waals surface area contributed by atoms with Crippen LogP contribution in [0.25, 0.3) is 0 Å². The van der Waals surface area contributed by atoms with Gasteiger partial charge in [0, 0.05) is 32.1 Å². The predicted octanol–water partition coefficient (Wildman–Crippen LogP) is 1.88. The number of benzene rings is 1. The largest absolute Gasteiger partial charge is 0.504 e. The lowest BCUT2D eigenvalue weighted by Crippen LogP contribution is -2.81. The zero-order chi connectivity index (χ0) is 20.0. The van der Waals surface area contributed by atoms with Gasteiger partial charge in [0.1, 0.15) is 30.4 Å². The van der Waals surface area contributed by atoms with Crippen molar-refractivity contribution in [3.63, 3.8) is 0 Å². The smallest absolute Gasteiger partial charge is 0.165 e. The van der Waals surface area contributed by atoms with Crippen molar-refractivity contribution in [2.24, 2.45) is 0 Å². The first-order chi connectivity index (χ1) is 13.9. The van der Waals surface area contributed by atoms with E-state index in [0.29, 0.717) is 18.3 Å². The second-order valence-corrected chi connectivity index (χ2v) is 10.2. The molecular formula is C23H32NO5+. The number of likely N-dealkylation sites (N-methyl/N-ethyl adjacent to an activating group) is 1. The summed E-state index contributed by atoms with van der Waals surface area (Å²) in [5.74, 6) is 0.772. The third-order valence-corrected chi connectivity index (χ3v) is 9.00. The summed E-state index contributed by atoms with van der Waals surface area (Å²) in [6, 6.07) is 3.91. The van der Waals surface area contributed by atoms with E-state index in [1.54, 1.807) is 13.2 Å². The molecule has 1 aromatic rings. The molecule has 3 aliphatic heterocycles. The Hall–Kier alpha value is -1.34. The maximum atomic E-state index is 12.5. The quantitative estimate of drug-likeness (QED) is 0.756. The molecule has 158 valence electrons. The van der Waals surface area contributed by atoms with Crippen LogP contribution >= 0.6 is 0 Å². The molecule has 29 heavy (non-hydrogen) atoms. The van der Waals surface area contributed by atoms with E-state index in [1.807, 2.05) is 6.07 Å². The molecule has 3 fully saturated rings. The van der Waals surface area contributed by atoms with E-state index in [1.165, 1.54) is 5.56 Å². The van der Waals surface area contributed by atoms with Crippen molar-refractivity contribution in [2.45, 2.75) is 73.9 Å². The van der Waals surface area contributed by atoms with Gasteiger partial charge < -0.3 is 28.9 Å². The summed E-state index contributed by atoms with van der Waals surface area (Å²) in [5.41, 5.74) is 0.936. The molecule has 1 aromatic carbocycles. The molecule has 2 saturated heterocycles. The molecule has 7 atom stereocenters. The van der Waals surface area contributed by atoms with E-state index in [0.717, 1.165) is 61.8 Å². The summed E-state index contributed by atoms with van der Waals surface area (Å²) in [6.45, 7) is 2.81. The van der Waals surface area contributed by atoms with Gasteiger partial charge in [0.25, 0.3) is 0 Å². The molecule has 2 aliphatic carbocycles. The van der Waals surface area contributed by atoms with Crippen LogP contribution in [0.4, 0.5) is 0 Å². The van der Waals surface area contributed by atoms with Crippen molar-refractivity contribution < 1.29 is 28.9 Å². The van der Waals surface area contributed by atoms with Crippen LogP contribution in [0.2, 0.25) is 0 Å². The Bertz CT molecular complexity index is 854. The number of likely N-dealkylation sites (tertiary alicyclic amines) is 1. The standard InChI is InChI=1S/C23H31NO5/c1-24(13-15-4-3-11-28-15)10-9-22-19-14-5-6-16(25)20(19)29-21(22)17(27-2)7-8-23(22,26)18(24)12-14/h5-6,15,17-18,21,26H,3-4,7-13H2,1-2H3/p+1/t15?,17-,18+,21-,22-,23+,24?/m0/s1. The van der Waals surface area contributed by atoms with E-state index in [9.17, 15) is 10.2 Å². The van der Waals surface area contributed by atoms with Crippen molar-refractivity contribution in [3.8, 4) is 11.5 Å². The van der Waals surface area contributed by atoms with Crippen LogP contribution in [0.15, 0.2) is 12.1 Å². The molecule has 0 amide bonds. The van der Waals surface area contributed by atoms with Gasteiger partial charge in [-0.3, -0.25) is 0 Å². The number of piperidine rings is 1. The van der Waals surface area contributed by atoms with Crippen LogP contribution < -0.4 is 4.74 Å². The van der Waals surface area contributed by atoms with E-state index in [-0.39, 0.29) is 24.0 Å². The maximum absolute atomic E-state index is 12.5. The molecule has 2 bridgehead atoms. The molecule has 1 saturated carbocycles. The lowest BCUT2D eigenvalue weighted by molar-refractivity contribution is -0.951. The molecule has 2 unspecified atom stereocenters. The van der Waals surface area contributed by atoms with Gasteiger partial charge in [0.2, 0.25) is 0 Å². The van der Waals surface area contributed by atoms with Gasteiger partial charge in [0.05, 0.1) is 25.1 Å². The Morgan fingerprint density at radius 2 is 2.14 bits per heavy atom. The number of quaternary nitrogens is 1. The minimum Gasteiger partial charge on any atom is -0.504 e. The number of methoxy groups -OCH3 is 1. The number of rotatable bonds is 3. The second-order valence-electron chi connectivity index (χ2n) is 10.2. The number of aromatic hydroxyl groups is 1. The highest BCUT2D eigenvalue weighted by atomic mass is 16.5. The fourth-order valence-corrected chi connectivity index (χ4v) is 7.72. The summed E-state index contributed by atoms with van der Waals surface area (Å²) in [6.07, 6.45) is 5.40. The number of hydrogen-bond acceptors (Lipinski definition) is 5. The molecule has 6 rings (SSSR count). The topological polar surface area (TPSA) is 68.2 Å². The number of hydrogen-bond donors (Lipinski definition) is 2. The molecule has 0 aromatic heterocycles. The van der Waals surface area contributed by atoms with E-state index in [4.69, 9.17) is 14.2 Å². The van der Waals surface area contributed by atoms with Gasteiger partial charge in [-0.05, 0) is 37.3 Å². The third-order valence-electron chi connectivity index (χ3n) is 9.00. The number of phenolic OH excluding ortho intramolecular Hbond substituents is 1. The van der Waals surface area contributed by atoms with Crippen LogP contribution in [-0.4, -0.2) is 78.5 Å². The lowest BCUT2D eigenvalue weighted by atomic mass is 9.48. The number of aliphatic hydroxyl groups is 1. The molecule has 5 aliphatic rings. The fourth-order valence-electron chi connectivity index (χ4n) is 7.72. The SMILES string of the molecule is CO[C@H]1CC[C@@]2(O)[C@H]3Cc4ccc(O)c5c4[C@@]2(CC[N+]3(C)CC2CCCO2)[C@H]1O5. The zero-order valence-corrected chi connectivity index (χ0v) is 17.4. The van der Waals surface area contributed by atoms with Gasteiger partial charge in [0.15, 0.2) is 11.5 Å². The van der Waals surface area contributed by atoms with Crippen LogP contribution in [0.5, 0.6) is 11.5 Å². The van der Waals surface area contributed by atoms with E-state index in [2.05, 4.69) is 7.05 Å². The van der Waals surface area contributed by atoms with Crippen LogP contribution in [0.1, 0.15) is 43.2 Å². The first kappa shape index (κ1) is 18.4. The molecule has 3 heterocycles. The van der Waals surface area contributed by atoms with Crippen molar-refractivity contribution in [1.29, 1.82) is 0 Å². The molecular weight excluding hydrogens is 370 g/mol. The average Bonchev–Trinajstić information content (AvgIpc) is 3.32. The van der Waals surface area contributed by atoms with Crippen LogP contribution in [0, 0.1) is 0 Å². The van der Waals surface area contributed by atoms with Gasteiger partial charge >= 0.3 is 0 Å². The summed E-state index contributed by atoms with van der Waals surface area (Å²) < 4.78 is 19.1. The Balaban J connectivity index is 1.52. The summed E-state index contributed by atoms with van der Waals surface area (Å²) in [4.78, 5) is 0. The maximum Gasteiger partial charge on any atom is 0.165 e. The monoisotopic (exact) mass is 402 g/mol. The Labute approximate surface area is 172 Å². The van der Waals surface area contributed by atoms with Crippen LogP contribution in [-0.2, 0) is 21.3 Å². The number of ether oxygens (including phenoxy) is 3. The van der Waals surface area contributed by atoms with Crippen molar-refractivity contribution in [1.82, 2.24) is 0 Å². The van der Waals surface area contributed by atoms with Gasteiger partial charge in [-0.25, -0.2) is 0 Å². The normalized spacial score (nSPS) is 47.0. The molecule has 6 heteroatoms. The first-order valence-corrected chi connectivity index (χ1v) is 11.2. The first-order valence-electron chi connectivity index (χ1n) is 11.2. The van der Waals surface area contributed by atoms with Crippen molar-refractivity contribution in [3.05, 3.63) is 23.3 Å². The zero-order valence-electron chi connectivity index (χ0n) is 17.4. The van der Waals surface area contributed by atoms with Crippen molar-refractivity contribution in [2.75, 3.05) is 33.9 Å². The minimum absolute atomic E-state index is 0.0660. The Morgan fingerprint density at radius 3 is 2.90 bits per heavy atom. The molecule has 2 N–H and O–H groups in total. The van der Waals surface area contributed by atoms with Crippen molar-refractivity contribution >= 4 is 0 Å². The molecule has 0 radical (unpaired) electrons. The second kappa shape index (κ2) is 5.88. The number of nitrogens with zero attached hydrogens (tertiary/aromatic N) is 1. The predicted molar refractivity (Wildman–Crippen MR) is 106 cm³/mol. The third kappa shape index (κ3) is 2.11. The highest BCUT2D eigenvalue weighted by molar-refractivity contribution is 5.62. The van der Waals surface area contributed by atoms with Gasteiger partial charge in [-0.2, -0.15) is 0 Å². The van der Waals surface area contributed by atoms with Crippen LogP contribution in [0.3, 0.4) is 0 Å². The van der Waals surface area contributed by atoms with Gasteiger partial charge in [-0.15, -0.1) is 0 Å². The van der Waals surface area contributed by atoms with E-state index < -0.39 is 11.0 Å². The Kier molecular flexibility index (Phi) is 3.73. The molecule has 1 spiro atoms. The Morgan fingerprint density at radius 1 is 1.28 bits per heavy atom. The fraction of sp³-hybridized carbons (Fsp3) is 0.739. The highest BCUT2D eigenvalue weighted by Gasteiger charge is 2.76. The minimum atomic E-state index is -0.857. The summed E-state index contributed by atoms with van der Waals surface area (Å²) in [7, 11) is 4.05. The van der Waals surface area contributed by atoms with Gasteiger partial charge in [-0.1, -0.05) is 6.07 Å². The summed E-state index contributed by atoms with van der Waals surface area (Å²) in [5, 5.41) is 23.0.